The van der Waals surface area contributed by atoms with Crippen LogP contribution in [0.4, 0.5) is 15.8 Å². The van der Waals surface area contributed by atoms with E-state index in [1.54, 1.807) is 18.2 Å². The van der Waals surface area contributed by atoms with Gasteiger partial charge in [0.1, 0.15) is 5.82 Å². The number of benzene rings is 2. The van der Waals surface area contributed by atoms with Gasteiger partial charge in [-0.05, 0) is 29.8 Å². The molecule has 2 amide bonds. The lowest BCUT2D eigenvalue weighted by molar-refractivity contribution is -0.123. The maximum Gasteiger partial charge on any atom is 0.232 e. The molecule has 0 fully saturated rings. The van der Waals surface area contributed by atoms with E-state index >= 15 is 0 Å². The van der Waals surface area contributed by atoms with Crippen molar-refractivity contribution >= 4 is 23.2 Å². The number of rotatable bonds is 2. The minimum atomic E-state index is -0.685. The molecule has 0 unspecified atom stereocenters. The number of anilines is 2. The molecule has 1 atom stereocenters. The Morgan fingerprint density at radius 2 is 1.92 bits per heavy atom. The second-order valence-electron chi connectivity index (χ2n) is 6.24. The molecule has 4 rings (SSSR count). The summed E-state index contributed by atoms with van der Waals surface area (Å²) in [6.45, 7) is 1.13. The third-order valence-corrected chi connectivity index (χ3v) is 4.39. The Hall–Kier alpha value is -3.09. The lowest BCUT2D eigenvalue weighted by Gasteiger charge is -2.25. The highest BCUT2D eigenvalue weighted by atomic mass is 19.1. The monoisotopic (exact) mass is 356 g/mol. The minimum absolute atomic E-state index is 0.00895. The maximum atomic E-state index is 13.4. The SMILES string of the molecule is O=C1C[C@H](C(=O)Nc2ccc3c(c2)OCCCO3)c2ccc(F)cc2N1. The first kappa shape index (κ1) is 16.4. The van der Waals surface area contributed by atoms with E-state index in [1.165, 1.54) is 18.2 Å². The lowest BCUT2D eigenvalue weighted by Crippen LogP contribution is -2.30. The number of halogens is 1. The van der Waals surface area contributed by atoms with Crippen molar-refractivity contribution in [3.8, 4) is 11.5 Å². The molecule has 2 N–H and O–H groups in total. The van der Waals surface area contributed by atoms with Gasteiger partial charge in [0.2, 0.25) is 11.8 Å². The van der Waals surface area contributed by atoms with Gasteiger partial charge in [-0.1, -0.05) is 6.07 Å². The molecule has 26 heavy (non-hydrogen) atoms. The van der Waals surface area contributed by atoms with Crippen LogP contribution in [0.1, 0.15) is 24.3 Å². The van der Waals surface area contributed by atoms with Gasteiger partial charge in [-0.3, -0.25) is 9.59 Å². The Labute approximate surface area is 149 Å². The predicted molar refractivity (Wildman–Crippen MR) is 93.1 cm³/mol. The maximum absolute atomic E-state index is 13.4. The standard InChI is InChI=1S/C19H17FN2O4/c20-11-2-4-13-14(10-18(23)22-15(13)8-11)19(24)21-12-3-5-16-17(9-12)26-7-1-6-25-16/h2-5,8-9,14H,1,6-7,10H2,(H,21,24)(H,22,23)/t14-/m0/s1. The lowest BCUT2D eigenvalue weighted by atomic mass is 9.89. The number of nitrogens with one attached hydrogen (secondary N) is 2. The topological polar surface area (TPSA) is 76.7 Å². The zero-order valence-electron chi connectivity index (χ0n) is 13.9. The zero-order valence-corrected chi connectivity index (χ0v) is 13.9. The highest BCUT2D eigenvalue weighted by molar-refractivity contribution is 6.05. The van der Waals surface area contributed by atoms with Crippen LogP contribution in [0.3, 0.4) is 0 Å². The molecule has 7 heteroatoms. The molecular formula is C19H17FN2O4. The van der Waals surface area contributed by atoms with Gasteiger partial charge in [-0.15, -0.1) is 0 Å². The van der Waals surface area contributed by atoms with Gasteiger partial charge >= 0.3 is 0 Å². The molecule has 2 aliphatic rings. The zero-order chi connectivity index (χ0) is 18.1. The first-order chi connectivity index (χ1) is 12.6. The van der Waals surface area contributed by atoms with Gasteiger partial charge < -0.3 is 20.1 Å². The summed E-state index contributed by atoms with van der Waals surface area (Å²) in [5, 5.41) is 5.41. The van der Waals surface area contributed by atoms with E-state index < -0.39 is 11.7 Å². The van der Waals surface area contributed by atoms with Crippen molar-refractivity contribution in [2.75, 3.05) is 23.8 Å². The van der Waals surface area contributed by atoms with E-state index in [1.807, 2.05) is 0 Å². The number of amides is 2. The van der Waals surface area contributed by atoms with Gasteiger partial charge in [-0.25, -0.2) is 4.39 Å². The number of fused-ring (bicyclic) bond motifs is 2. The quantitative estimate of drug-likeness (QED) is 0.867. The van der Waals surface area contributed by atoms with E-state index in [0.29, 0.717) is 41.7 Å². The molecule has 2 aliphatic heterocycles. The third kappa shape index (κ3) is 3.20. The summed E-state index contributed by atoms with van der Waals surface area (Å²) in [6, 6.07) is 9.20. The Bertz CT molecular complexity index is 884. The molecule has 0 saturated heterocycles. The summed E-state index contributed by atoms with van der Waals surface area (Å²) in [6.07, 6.45) is 0.802. The van der Waals surface area contributed by atoms with Crippen molar-refractivity contribution in [2.45, 2.75) is 18.8 Å². The average molecular weight is 356 g/mol. The summed E-state index contributed by atoms with van der Waals surface area (Å²) in [5.74, 6) is -0.588. The Morgan fingerprint density at radius 1 is 1.12 bits per heavy atom. The largest absolute Gasteiger partial charge is 0.490 e. The normalized spacial score (nSPS) is 18.3. The molecular weight excluding hydrogens is 339 g/mol. The van der Waals surface area contributed by atoms with Crippen LogP contribution in [-0.4, -0.2) is 25.0 Å². The van der Waals surface area contributed by atoms with E-state index in [-0.39, 0.29) is 18.2 Å². The van der Waals surface area contributed by atoms with E-state index in [4.69, 9.17) is 9.47 Å². The number of hydrogen-bond acceptors (Lipinski definition) is 4. The second-order valence-corrected chi connectivity index (χ2v) is 6.24. The van der Waals surface area contributed by atoms with Crippen molar-refractivity contribution in [1.29, 1.82) is 0 Å². The Kier molecular flexibility index (Phi) is 4.20. The van der Waals surface area contributed by atoms with Crippen molar-refractivity contribution in [1.82, 2.24) is 0 Å². The van der Waals surface area contributed by atoms with Crippen molar-refractivity contribution in [3.05, 3.63) is 47.8 Å². The van der Waals surface area contributed by atoms with E-state index in [0.717, 1.165) is 6.42 Å². The average Bonchev–Trinajstić information content (AvgIpc) is 2.85. The molecule has 0 aliphatic carbocycles. The van der Waals surface area contributed by atoms with Crippen LogP contribution in [0.2, 0.25) is 0 Å². The third-order valence-electron chi connectivity index (χ3n) is 4.39. The van der Waals surface area contributed by atoms with Crippen LogP contribution < -0.4 is 20.1 Å². The van der Waals surface area contributed by atoms with Gasteiger partial charge in [0.25, 0.3) is 0 Å². The molecule has 2 aromatic carbocycles. The second kappa shape index (κ2) is 6.67. The van der Waals surface area contributed by atoms with Crippen LogP contribution in [0.15, 0.2) is 36.4 Å². The van der Waals surface area contributed by atoms with Crippen molar-refractivity contribution in [3.63, 3.8) is 0 Å². The van der Waals surface area contributed by atoms with E-state index in [2.05, 4.69) is 10.6 Å². The van der Waals surface area contributed by atoms with Gasteiger partial charge in [0, 0.05) is 30.3 Å². The van der Waals surface area contributed by atoms with Crippen molar-refractivity contribution in [2.24, 2.45) is 0 Å². The smallest absolute Gasteiger partial charge is 0.232 e. The summed E-state index contributed by atoms with van der Waals surface area (Å²) < 4.78 is 24.6. The molecule has 0 spiro atoms. The molecule has 2 aromatic rings. The molecule has 6 nitrogen and oxygen atoms in total. The molecule has 0 bridgehead atoms. The van der Waals surface area contributed by atoms with Crippen molar-refractivity contribution < 1.29 is 23.5 Å². The van der Waals surface area contributed by atoms with Gasteiger partial charge in [0.15, 0.2) is 11.5 Å². The van der Waals surface area contributed by atoms with Crippen LogP contribution in [0.5, 0.6) is 11.5 Å². The highest BCUT2D eigenvalue weighted by Gasteiger charge is 2.31. The molecule has 0 radical (unpaired) electrons. The summed E-state index contributed by atoms with van der Waals surface area (Å²) in [7, 11) is 0. The minimum Gasteiger partial charge on any atom is -0.490 e. The predicted octanol–water partition coefficient (Wildman–Crippen LogP) is 3.05. The summed E-state index contributed by atoms with van der Waals surface area (Å²) >= 11 is 0. The van der Waals surface area contributed by atoms with Gasteiger partial charge in [-0.2, -0.15) is 0 Å². The fraction of sp³-hybridized carbons (Fsp3) is 0.263. The summed E-state index contributed by atoms with van der Waals surface area (Å²) in [5.41, 5.74) is 1.48. The summed E-state index contributed by atoms with van der Waals surface area (Å²) in [4.78, 5) is 24.6. The first-order valence-corrected chi connectivity index (χ1v) is 8.40. The first-order valence-electron chi connectivity index (χ1n) is 8.40. The Morgan fingerprint density at radius 3 is 2.77 bits per heavy atom. The van der Waals surface area contributed by atoms with Crippen LogP contribution in [0.25, 0.3) is 0 Å². The molecule has 0 saturated carbocycles. The van der Waals surface area contributed by atoms with Crippen LogP contribution in [0, 0.1) is 5.82 Å². The van der Waals surface area contributed by atoms with Crippen LogP contribution in [-0.2, 0) is 9.59 Å². The fourth-order valence-corrected chi connectivity index (χ4v) is 3.14. The molecule has 134 valence electrons. The highest BCUT2D eigenvalue weighted by Crippen LogP contribution is 2.35. The number of carbonyl (C=O) groups is 2. The Balaban J connectivity index is 1.57. The molecule has 0 aromatic heterocycles. The number of hydrogen-bond donors (Lipinski definition) is 2. The fourth-order valence-electron chi connectivity index (χ4n) is 3.14. The van der Waals surface area contributed by atoms with Gasteiger partial charge in [0.05, 0.1) is 19.1 Å². The number of ether oxygens (including phenoxy) is 2. The molecule has 2 heterocycles. The number of carbonyl (C=O) groups excluding carboxylic acids is 2. The van der Waals surface area contributed by atoms with E-state index in [9.17, 15) is 14.0 Å². The van der Waals surface area contributed by atoms with Crippen LogP contribution >= 0.6 is 0 Å².